The molecule has 6 nitrogen and oxygen atoms in total. The molecule has 0 amide bonds. The molecule has 2 aromatic rings. The number of hydrogen-bond donors (Lipinski definition) is 1. The van der Waals surface area contributed by atoms with E-state index in [2.05, 4.69) is 19.8 Å². The number of piperazine rings is 1. The molecule has 106 valence electrons. The van der Waals surface area contributed by atoms with Crippen LogP contribution < -0.4 is 4.90 Å². The number of carboxylic acid groups (broad SMARTS) is 1. The van der Waals surface area contributed by atoms with Crippen LogP contribution in [0.2, 0.25) is 0 Å². The molecule has 1 aliphatic rings. The average Bonchev–Trinajstić information content (AvgIpc) is 3.10. The van der Waals surface area contributed by atoms with Crippen molar-refractivity contribution in [2.75, 3.05) is 31.1 Å². The number of anilines is 1. The monoisotopic (exact) mass is 310 g/mol. The van der Waals surface area contributed by atoms with E-state index in [-0.39, 0.29) is 5.01 Å². The van der Waals surface area contributed by atoms with Gasteiger partial charge in [-0.3, -0.25) is 4.90 Å². The summed E-state index contributed by atoms with van der Waals surface area (Å²) in [6.45, 7) is 4.50. The predicted octanol–water partition coefficient (Wildman–Crippen LogP) is 1.62. The first kappa shape index (κ1) is 13.5. The van der Waals surface area contributed by atoms with Gasteiger partial charge >= 0.3 is 5.97 Å². The zero-order valence-corrected chi connectivity index (χ0v) is 12.4. The van der Waals surface area contributed by atoms with Crippen LogP contribution in [-0.4, -0.2) is 52.1 Å². The maximum absolute atomic E-state index is 10.8. The second kappa shape index (κ2) is 5.86. The van der Waals surface area contributed by atoms with Crippen LogP contribution >= 0.6 is 22.7 Å². The molecular formula is C12H14N4O2S2. The van der Waals surface area contributed by atoms with Crippen molar-refractivity contribution in [1.82, 2.24) is 14.9 Å². The van der Waals surface area contributed by atoms with Crippen molar-refractivity contribution in [3.63, 3.8) is 0 Å². The van der Waals surface area contributed by atoms with E-state index in [1.54, 1.807) is 11.3 Å². The van der Waals surface area contributed by atoms with Crippen LogP contribution in [0.15, 0.2) is 17.0 Å². The molecule has 1 aliphatic heterocycles. The van der Waals surface area contributed by atoms with Crippen LogP contribution in [0.4, 0.5) is 5.13 Å². The van der Waals surface area contributed by atoms with Crippen LogP contribution in [0.1, 0.15) is 15.5 Å². The van der Waals surface area contributed by atoms with Crippen molar-refractivity contribution in [3.05, 3.63) is 27.7 Å². The molecule has 0 bridgehead atoms. The fourth-order valence-corrected chi connectivity index (χ4v) is 3.52. The number of aromatic nitrogens is 2. The van der Waals surface area contributed by atoms with E-state index < -0.39 is 5.97 Å². The summed E-state index contributed by atoms with van der Waals surface area (Å²) in [6, 6.07) is 0. The van der Waals surface area contributed by atoms with Gasteiger partial charge in [-0.2, -0.15) is 0 Å². The molecule has 20 heavy (non-hydrogen) atoms. The predicted molar refractivity (Wildman–Crippen MR) is 78.7 cm³/mol. The van der Waals surface area contributed by atoms with E-state index >= 15 is 0 Å². The minimum absolute atomic E-state index is 0.168. The number of carboxylic acids is 1. The van der Waals surface area contributed by atoms with E-state index in [1.807, 2.05) is 17.0 Å². The molecule has 8 heteroatoms. The zero-order chi connectivity index (χ0) is 13.9. The lowest BCUT2D eigenvalue weighted by Crippen LogP contribution is -2.46. The Labute approximate surface area is 124 Å². The molecule has 0 atom stereocenters. The standard InChI is InChI=1S/C12H14N4O2S2/c17-11(18)10-14-9(8-20-10)7-15-2-4-16(5-3-15)12-13-1-6-19-12/h1,6,8H,2-5,7H2,(H,17,18). The Bertz CT molecular complexity index is 576. The molecule has 0 saturated carbocycles. The van der Waals surface area contributed by atoms with Gasteiger partial charge in [-0.15, -0.1) is 22.7 Å². The summed E-state index contributed by atoms with van der Waals surface area (Å²) in [4.78, 5) is 23.8. The first-order chi connectivity index (χ1) is 9.72. The highest BCUT2D eigenvalue weighted by Gasteiger charge is 2.19. The van der Waals surface area contributed by atoms with Gasteiger partial charge in [-0.25, -0.2) is 14.8 Å². The second-order valence-corrected chi connectivity index (χ2v) is 6.26. The number of carbonyl (C=O) groups is 1. The molecular weight excluding hydrogens is 296 g/mol. The first-order valence-corrected chi connectivity index (χ1v) is 8.03. The van der Waals surface area contributed by atoms with Crippen molar-refractivity contribution in [1.29, 1.82) is 0 Å². The highest BCUT2D eigenvalue weighted by Crippen LogP contribution is 2.20. The van der Waals surface area contributed by atoms with Crippen LogP contribution in [0.25, 0.3) is 0 Å². The third-order valence-electron chi connectivity index (χ3n) is 3.18. The van der Waals surface area contributed by atoms with Crippen molar-refractivity contribution in [2.45, 2.75) is 6.54 Å². The summed E-state index contributed by atoms with van der Waals surface area (Å²) in [5.41, 5.74) is 0.843. The van der Waals surface area contributed by atoms with E-state index in [9.17, 15) is 4.79 Å². The fourth-order valence-electron chi connectivity index (χ4n) is 2.18. The van der Waals surface area contributed by atoms with Gasteiger partial charge in [0.1, 0.15) is 0 Å². The molecule has 0 spiro atoms. The van der Waals surface area contributed by atoms with E-state index in [4.69, 9.17) is 5.11 Å². The van der Waals surface area contributed by atoms with Gasteiger partial charge in [-0.05, 0) is 0 Å². The molecule has 1 fully saturated rings. The number of hydrogen-bond acceptors (Lipinski definition) is 7. The minimum Gasteiger partial charge on any atom is -0.476 e. The normalized spacial score (nSPS) is 16.5. The lowest BCUT2D eigenvalue weighted by atomic mass is 10.3. The quantitative estimate of drug-likeness (QED) is 0.925. The lowest BCUT2D eigenvalue weighted by molar-refractivity contribution is 0.0696. The van der Waals surface area contributed by atoms with Gasteiger partial charge in [0.15, 0.2) is 5.13 Å². The second-order valence-electron chi connectivity index (χ2n) is 4.53. The summed E-state index contributed by atoms with van der Waals surface area (Å²) in [7, 11) is 0. The average molecular weight is 310 g/mol. The topological polar surface area (TPSA) is 69.6 Å². The van der Waals surface area contributed by atoms with Gasteiger partial charge in [0.25, 0.3) is 0 Å². The summed E-state index contributed by atoms with van der Waals surface area (Å²) in [5, 5.41) is 13.9. The van der Waals surface area contributed by atoms with Crippen molar-refractivity contribution >= 4 is 33.8 Å². The van der Waals surface area contributed by atoms with Gasteiger partial charge in [-0.1, -0.05) is 0 Å². The van der Waals surface area contributed by atoms with Crippen molar-refractivity contribution in [2.24, 2.45) is 0 Å². The molecule has 0 radical (unpaired) electrons. The van der Waals surface area contributed by atoms with Crippen LogP contribution in [0, 0.1) is 0 Å². The summed E-state index contributed by atoms with van der Waals surface area (Å²) in [6.07, 6.45) is 1.83. The van der Waals surface area contributed by atoms with Crippen molar-refractivity contribution in [3.8, 4) is 0 Å². The van der Waals surface area contributed by atoms with Crippen LogP contribution in [-0.2, 0) is 6.54 Å². The van der Waals surface area contributed by atoms with Gasteiger partial charge < -0.3 is 10.0 Å². The largest absolute Gasteiger partial charge is 0.476 e. The Morgan fingerprint density at radius 1 is 1.30 bits per heavy atom. The number of aromatic carboxylic acids is 1. The Kier molecular flexibility index (Phi) is 3.95. The van der Waals surface area contributed by atoms with Crippen LogP contribution in [0.3, 0.4) is 0 Å². The van der Waals surface area contributed by atoms with Gasteiger partial charge in [0, 0.05) is 49.7 Å². The lowest BCUT2D eigenvalue weighted by Gasteiger charge is -2.34. The van der Waals surface area contributed by atoms with Gasteiger partial charge in [0.2, 0.25) is 5.01 Å². The molecule has 0 aliphatic carbocycles. The Balaban J connectivity index is 1.54. The van der Waals surface area contributed by atoms with Crippen LogP contribution in [0.5, 0.6) is 0 Å². The third-order valence-corrected chi connectivity index (χ3v) is 4.89. The summed E-state index contributed by atoms with van der Waals surface area (Å²) < 4.78 is 0. The molecule has 1 saturated heterocycles. The molecule has 1 N–H and O–H groups in total. The smallest absolute Gasteiger partial charge is 0.365 e. The number of thiazole rings is 2. The Morgan fingerprint density at radius 3 is 2.70 bits per heavy atom. The Hall–Kier alpha value is -1.51. The molecule has 0 aromatic carbocycles. The van der Waals surface area contributed by atoms with E-state index in [0.29, 0.717) is 0 Å². The fraction of sp³-hybridized carbons (Fsp3) is 0.417. The van der Waals surface area contributed by atoms with E-state index in [1.165, 1.54) is 11.3 Å². The van der Waals surface area contributed by atoms with Crippen molar-refractivity contribution < 1.29 is 9.90 Å². The molecule has 0 unspecified atom stereocenters. The maximum atomic E-state index is 10.8. The highest BCUT2D eigenvalue weighted by atomic mass is 32.1. The Morgan fingerprint density at radius 2 is 2.10 bits per heavy atom. The third kappa shape index (κ3) is 2.97. The first-order valence-electron chi connectivity index (χ1n) is 6.27. The maximum Gasteiger partial charge on any atom is 0.365 e. The summed E-state index contributed by atoms with van der Waals surface area (Å²) >= 11 is 2.85. The number of nitrogens with zero attached hydrogens (tertiary/aromatic N) is 4. The molecule has 3 rings (SSSR count). The van der Waals surface area contributed by atoms with E-state index in [0.717, 1.165) is 43.5 Å². The summed E-state index contributed by atoms with van der Waals surface area (Å²) in [5.74, 6) is -0.949. The SMILES string of the molecule is O=C(O)c1nc(CN2CCN(c3nccs3)CC2)cs1. The molecule has 2 aromatic heterocycles. The zero-order valence-electron chi connectivity index (χ0n) is 10.7. The molecule has 3 heterocycles. The number of rotatable bonds is 4. The minimum atomic E-state index is -0.949. The van der Waals surface area contributed by atoms with Gasteiger partial charge in [0.05, 0.1) is 5.69 Å². The highest BCUT2D eigenvalue weighted by molar-refractivity contribution is 7.13.